The summed E-state index contributed by atoms with van der Waals surface area (Å²) in [4.78, 5) is 10.9. The van der Waals surface area contributed by atoms with Crippen LogP contribution in [0.4, 0.5) is 0 Å². The van der Waals surface area contributed by atoms with Crippen LogP contribution in [-0.2, 0) is 9.53 Å². The fourth-order valence-electron chi connectivity index (χ4n) is 0.916. The van der Waals surface area contributed by atoms with E-state index in [1.54, 1.807) is 25.3 Å². The van der Waals surface area contributed by atoms with Gasteiger partial charge in [-0.25, -0.2) is 4.79 Å². The number of hydrogen-bond donors (Lipinski definition) is 0. The number of carbonyl (C=O) groups excluding carboxylic acids is 1. The topological polar surface area (TPSA) is 39.4 Å². The molecule has 0 radical (unpaired) electrons. The fraction of sp³-hybridized carbons (Fsp3) is 0.300. The maximum Gasteiger partial charge on any atom is 0.330 e. The average Bonchev–Trinajstić information content (AvgIpc) is 2.48. The number of carbonyl (C=O) groups is 1. The van der Waals surface area contributed by atoms with E-state index in [0.29, 0.717) is 6.61 Å². The molecule has 70 valence electrons. The van der Waals surface area contributed by atoms with Gasteiger partial charge in [0, 0.05) is 11.6 Å². The highest BCUT2D eigenvalue weighted by Crippen LogP contribution is 2.10. The van der Waals surface area contributed by atoms with E-state index in [1.165, 1.54) is 6.08 Å². The van der Waals surface area contributed by atoms with Crippen LogP contribution in [0.15, 0.2) is 22.8 Å². The summed E-state index contributed by atoms with van der Waals surface area (Å²) in [6, 6.07) is 1.80. The molecule has 0 bridgehead atoms. The lowest BCUT2D eigenvalue weighted by molar-refractivity contribution is -0.137. The summed E-state index contributed by atoms with van der Waals surface area (Å²) in [6.07, 6.45) is 4.65. The van der Waals surface area contributed by atoms with Crippen LogP contribution >= 0.6 is 0 Å². The highest BCUT2D eigenvalue weighted by atomic mass is 16.5. The van der Waals surface area contributed by atoms with Gasteiger partial charge in [-0.05, 0) is 26.0 Å². The van der Waals surface area contributed by atoms with E-state index in [1.807, 2.05) is 6.92 Å². The molecule has 0 saturated carbocycles. The van der Waals surface area contributed by atoms with Crippen molar-refractivity contribution in [2.45, 2.75) is 13.8 Å². The molecule has 0 aromatic carbocycles. The third kappa shape index (κ3) is 2.78. The van der Waals surface area contributed by atoms with Gasteiger partial charge >= 0.3 is 5.97 Å². The van der Waals surface area contributed by atoms with Gasteiger partial charge in [0.2, 0.25) is 0 Å². The van der Waals surface area contributed by atoms with E-state index in [0.717, 1.165) is 11.3 Å². The lowest BCUT2D eigenvalue weighted by atomic mass is 10.2. The highest BCUT2D eigenvalue weighted by molar-refractivity contribution is 5.87. The molecule has 0 unspecified atom stereocenters. The molecule has 0 fully saturated rings. The van der Waals surface area contributed by atoms with Gasteiger partial charge in [0.05, 0.1) is 12.9 Å². The normalized spacial score (nSPS) is 10.6. The molecule has 0 aliphatic carbocycles. The molecule has 3 nitrogen and oxygen atoms in total. The number of ether oxygens (including phenoxy) is 1. The van der Waals surface area contributed by atoms with Gasteiger partial charge in [0.25, 0.3) is 0 Å². The fourth-order valence-corrected chi connectivity index (χ4v) is 0.916. The van der Waals surface area contributed by atoms with Crippen molar-refractivity contribution in [3.05, 3.63) is 29.7 Å². The van der Waals surface area contributed by atoms with Crippen LogP contribution in [0.2, 0.25) is 0 Å². The first-order valence-electron chi connectivity index (χ1n) is 4.13. The second-order valence-corrected chi connectivity index (χ2v) is 2.52. The summed E-state index contributed by atoms with van der Waals surface area (Å²) in [7, 11) is 0. The summed E-state index contributed by atoms with van der Waals surface area (Å²) < 4.78 is 9.78. The zero-order chi connectivity index (χ0) is 9.68. The maximum absolute atomic E-state index is 10.9. The van der Waals surface area contributed by atoms with Gasteiger partial charge in [0.1, 0.15) is 5.76 Å². The molecule has 0 aliphatic rings. The molecule has 1 heterocycles. The monoisotopic (exact) mass is 180 g/mol. The molecule has 13 heavy (non-hydrogen) atoms. The maximum atomic E-state index is 10.9. The minimum Gasteiger partial charge on any atom is -0.469 e. The van der Waals surface area contributed by atoms with Crippen molar-refractivity contribution < 1.29 is 13.9 Å². The molecular weight excluding hydrogens is 168 g/mol. The zero-order valence-corrected chi connectivity index (χ0v) is 7.74. The molecule has 1 aromatic rings. The van der Waals surface area contributed by atoms with Crippen LogP contribution in [0.25, 0.3) is 6.08 Å². The lowest BCUT2D eigenvalue weighted by Gasteiger charge is -1.93. The Morgan fingerprint density at radius 1 is 1.69 bits per heavy atom. The summed E-state index contributed by atoms with van der Waals surface area (Å²) in [6.45, 7) is 4.01. The van der Waals surface area contributed by atoms with Gasteiger partial charge in [0.15, 0.2) is 0 Å². The Balaban J connectivity index is 2.58. The minimum atomic E-state index is -0.330. The van der Waals surface area contributed by atoms with Crippen molar-refractivity contribution in [1.82, 2.24) is 0 Å². The van der Waals surface area contributed by atoms with E-state index in [2.05, 4.69) is 0 Å². The standard InChI is InChI=1S/C10H12O3/c1-3-12-10(11)5-4-9-6-7-13-8(9)2/h4-7H,3H2,1-2H3/b5-4+. The SMILES string of the molecule is CCOC(=O)/C=C/c1ccoc1C. The van der Waals surface area contributed by atoms with Crippen molar-refractivity contribution >= 4 is 12.0 Å². The van der Waals surface area contributed by atoms with E-state index in [9.17, 15) is 4.79 Å². The van der Waals surface area contributed by atoms with E-state index < -0.39 is 0 Å². The van der Waals surface area contributed by atoms with Gasteiger partial charge in [-0.1, -0.05) is 0 Å². The van der Waals surface area contributed by atoms with Crippen molar-refractivity contribution in [3.8, 4) is 0 Å². The van der Waals surface area contributed by atoms with Gasteiger partial charge in [-0.3, -0.25) is 0 Å². The first kappa shape index (κ1) is 9.58. The molecule has 0 saturated heterocycles. The van der Waals surface area contributed by atoms with Gasteiger partial charge in [-0.15, -0.1) is 0 Å². The molecule has 1 rings (SSSR count). The minimum absolute atomic E-state index is 0.330. The van der Waals surface area contributed by atoms with Crippen molar-refractivity contribution in [2.75, 3.05) is 6.61 Å². The highest BCUT2D eigenvalue weighted by Gasteiger charge is 1.98. The quantitative estimate of drug-likeness (QED) is 0.528. The number of hydrogen-bond acceptors (Lipinski definition) is 3. The summed E-state index contributed by atoms with van der Waals surface area (Å²) in [5.74, 6) is 0.462. The summed E-state index contributed by atoms with van der Waals surface area (Å²) >= 11 is 0. The smallest absolute Gasteiger partial charge is 0.330 e. The van der Waals surface area contributed by atoms with Crippen molar-refractivity contribution in [3.63, 3.8) is 0 Å². The van der Waals surface area contributed by atoms with Crippen molar-refractivity contribution in [2.24, 2.45) is 0 Å². The number of furan rings is 1. The van der Waals surface area contributed by atoms with E-state index in [4.69, 9.17) is 9.15 Å². The van der Waals surface area contributed by atoms with E-state index in [-0.39, 0.29) is 5.97 Å². The Labute approximate surface area is 77.0 Å². The Morgan fingerprint density at radius 2 is 2.46 bits per heavy atom. The third-order valence-corrected chi connectivity index (χ3v) is 1.58. The Morgan fingerprint density at radius 3 is 3.00 bits per heavy atom. The summed E-state index contributed by atoms with van der Waals surface area (Å²) in [5.41, 5.74) is 0.896. The predicted octanol–water partition coefficient (Wildman–Crippen LogP) is 2.16. The molecule has 0 N–H and O–H groups in total. The third-order valence-electron chi connectivity index (χ3n) is 1.58. The second kappa shape index (κ2) is 4.50. The number of aryl methyl sites for hydroxylation is 1. The van der Waals surface area contributed by atoms with Crippen LogP contribution in [0.1, 0.15) is 18.2 Å². The molecule has 0 amide bonds. The molecule has 0 spiro atoms. The molecule has 0 atom stereocenters. The average molecular weight is 180 g/mol. The van der Waals surface area contributed by atoms with Gasteiger partial charge in [-0.2, -0.15) is 0 Å². The number of esters is 1. The van der Waals surface area contributed by atoms with Gasteiger partial charge < -0.3 is 9.15 Å². The molecule has 3 heteroatoms. The number of rotatable bonds is 3. The zero-order valence-electron chi connectivity index (χ0n) is 7.74. The first-order chi connectivity index (χ1) is 6.24. The summed E-state index contributed by atoms with van der Waals surface area (Å²) in [5, 5.41) is 0. The molecular formula is C10H12O3. The van der Waals surface area contributed by atoms with Crippen LogP contribution in [0.3, 0.4) is 0 Å². The molecule has 1 aromatic heterocycles. The van der Waals surface area contributed by atoms with E-state index >= 15 is 0 Å². The Kier molecular flexibility index (Phi) is 3.31. The predicted molar refractivity (Wildman–Crippen MR) is 49.1 cm³/mol. The van der Waals surface area contributed by atoms with Crippen molar-refractivity contribution in [1.29, 1.82) is 0 Å². The lowest BCUT2D eigenvalue weighted by Crippen LogP contribution is -1.98. The van der Waals surface area contributed by atoms with Crippen LogP contribution in [0.5, 0.6) is 0 Å². The van der Waals surface area contributed by atoms with Crippen LogP contribution < -0.4 is 0 Å². The Hall–Kier alpha value is -1.51. The van der Waals surface area contributed by atoms with Crippen LogP contribution in [-0.4, -0.2) is 12.6 Å². The van der Waals surface area contributed by atoms with Crippen LogP contribution in [0, 0.1) is 6.92 Å². The first-order valence-corrected chi connectivity index (χ1v) is 4.13. The largest absolute Gasteiger partial charge is 0.469 e. The second-order valence-electron chi connectivity index (χ2n) is 2.52. The molecule has 0 aliphatic heterocycles. The Bertz CT molecular complexity index is 310.